The van der Waals surface area contributed by atoms with Crippen molar-refractivity contribution >= 4 is 45.6 Å². The first kappa shape index (κ1) is 20.2. The fraction of sp³-hybridized carbons (Fsp3) is 0.143. The highest BCUT2D eigenvalue weighted by molar-refractivity contribution is 7.14. The minimum Gasteiger partial charge on any atom is -0.456 e. The van der Waals surface area contributed by atoms with Crippen LogP contribution in [0.2, 0.25) is 0 Å². The van der Waals surface area contributed by atoms with E-state index in [9.17, 15) is 14.4 Å². The predicted octanol–water partition coefficient (Wildman–Crippen LogP) is 4.14. The molecule has 0 saturated heterocycles. The quantitative estimate of drug-likeness (QED) is 0.618. The standard InChI is InChI=1S/C21H19N3O4S/c1-14(25)22-17-8-6-7-16(11-17)20(27)28-12-18-13-29-21(23-18)24(15(2)26)19-9-4-3-5-10-19/h3-11,13H,12H2,1-2H3,(H,22,25). The normalized spacial score (nSPS) is 10.3. The lowest BCUT2D eigenvalue weighted by Crippen LogP contribution is -2.22. The molecular weight excluding hydrogens is 390 g/mol. The first-order chi connectivity index (χ1) is 13.9. The number of ether oxygens (including phenoxy) is 1. The number of nitrogens with zero attached hydrogens (tertiary/aromatic N) is 2. The molecule has 2 aromatic carbocycles. The molecule has 0 fully saturated rings. The van der Waals surface area contributed by atoms with Crippen molar-refractivity contribution in [3.63, 3.8) is 0 Å². The molecule has 8 heteroatoms. The van der Waals surface area contributed by atoms with Crippen molar-refractivity contribution in [2.75, 3.05) is 10.2 Å². The van der Waals surface area contributed by atoms with Gasteiger partial charge in [0.15, 0.2) is 5.13 Å². The molecule has 1 N–H and O–H groups in total. The van der Waals surface area contributed by atoms with Gasteiger partial charge in [0, 0.05) is 24.9 Å². The zero-order chi connectivity index (χ0) is 20.8. The number of rotatable bonds is 6. The van der Waals surface area contributed by atoms with E-state index in [0.29, 0.717) is 27.8 Å². The summed E-state index contributed by atoms with van der Waals surface area (Å²) < 4.78 is 5.32. The molecule has 0 spiro atoms. The van der Waals surface area contributed by atoms with Crippen LogP contribution in [-0.2, 0) is 20.9 Å². The number of thiazole rings is 1. The van der Waals surface area contributed by atoms with Crippen LogP contribution >= 0.6 is 11.3 Å². The van der Waals surface area contributed by atoms with Gasteiger partial charge >= 0.3 is 5.97 Å². The number of hydrogen-bond acceptors (Lipinski definition) is 6. The molecule has 0 aliphatic rings. The minimum atomic E-state index is -0.529. The number of para-hydroxylation sites is 1. The lowest BCUT2D eigenvalue weighted by molar-refractivity contribution is -0.116. The predicted molar refractivity (Wildman–Crippen MR) is 111 cm³/mol. The molecule has 0 bridgehead atoms. The van der Waals surface area contributed by atoms with E-state index in [1.165, 1.54) is 30.1 Å². The number of anilines is 3. The van der Waals surface area contributed by atoms with Gasteiger partial charge < -0.3 is 10.1 Å². The Morgan fingerprint density at radius 2 is 1.83 bits per heavy atom. The van der Waals surface area contributed by atoms with E-state index in [1.54, 1.807) is 29.6 Å². The summed E-state index contributed by atoms with van der Waals surface area (Å²) in [6.07, 6.45) is 0. The number of nitrogens with one attached hydrogen (secondary N) is 1. The zero-order valence-electron chi connectivity index (χ0n) is 15.9. The maximum absolute atomic E-state index is 12.3. The molecule has 0 saturated carbocycles. The SMILES string of the molecule is CC(=O)Nc1cccc(C(=O)OCc2csc(N(C(C)=O)c3ccccc3)n2)c1. The molecule has 7 nitrogen and oxygen atoms in total. The van der Waals surface area contributed by atoms with Crippen LogP contribution in [0.1, 0.15) is 29.9 Å². The van der Waals surface area contributed by atoms with Crippen LogP contribution in [0, 0.1) is 0 Å². The van der Waals surface area contributed by atoms with Crippen molar-refractivity contribution in [3.8, 4) is 0 Å². The van der Waals surface area contributed by atoms with Crippen LogP contribution in [0.5, 0.6) is 0 Å². The summed E-state index contributed by atoms with van der Waals surface area (Å²) in [6.45, 7) is 2.83. The van der Waals surface area contributed by atoms with Crippen molar-refractivity contribution in [2.24, 2.45) is 0 Å². The number of esters is 1. The maximum Gasteiger partial charge on any atom is 0.338 e. The van der Waals surface area contributed by atoms with Crippen molar-refractivity contribution < 1.29 is 19.1 Å². The van der Waals surface area contributed by atoms with E-state index in [0.717, 1.165) is 0 Å². The molecule has 0 atom stereocenters. The van der Waals surface area contributed by atoms with Gasteiger partial charge in [-0.1, -0.05) is 24.3 Å². The van der Waals surface area contributed by atoms with Crippen LogP contribution < -0.4 is 10.2 Å². The Hall–Kier alpha value is -3.52. The van der Waals surface area contributed by atoms with Gasteiger partial charge in [0.25, 0.3) is 0 Å². The van der Waals surface area contributed by atoms with Gasteiger partial charge in [-0.25, -0.2) is 9.78 Å². The molecule has 0 aliphatic carbocycles. The highest BCUT2D eigenvalue weighted by Gasteiger charge is 2.18. The van der Waals surface area contributed by atoms with E-state index in [-0.39, 0.29) is 18.4 Å². The Morgan fingerprint density at radius 3 is 2.52 bits per heavy atom. The van der Waals surface area contributed by atoms with E-state index < -0.39 is 5.97 Å². The fourth-order valence-corrected chi connectivity index (χ4v) is 3.49. The number of benzene rings is 2. The van der Waals surface area contributed by atoms with Gasteiger partial charge in [-0.15, -0.1) is 11.3 Å². The molecule has 2 amide bonds. The summed E-state index contributed by atoms with van der Waals surface area (Å²) in [5, 5.41) is 4.87. The number of amides is 2. The van der Waals surface area contributed by atoms with Gasteiger partial charge in [-0.2, -0.15) is 0 Å². The third kappa shape index (κ3) is 5.26. The molecule has 1 heterocycles. The van der Waals surface area contributed by atoms with Crippen LogP contribution in [0.25, 0.3) is 0 Å². The Bertz CT molecular complexity index is 1030. The molecule has 0 unspecified atom stereocenters. The minimum absolute atomic E-state index is 0.0275. The number of carbonyl (C=O) groups excluding carboxylic acids is 3. The average Bonchev–Trinajstić information content (AvgIpc) is 3.15. The first-order valence-corrected chi connectivity index (χ1v) is 9.67. The summed E-state index contributed by atoms with van der Waals surface area (Å²) >= 11 is 1.29. The molecule has 0 radical (unpaired) electrons. The Balaban J connectivity index is 1.68. The summed E-state index contributed by atoms with van der Waals surface area (Å²) in [5.74, 6) is -0.916. The van der Waals surface area contributed by atoms with Crippen LogP contribution in [-0.4, -0.2) is 22.8 Å². The van der Waals surface area contributed by atoms with Gasteiger partial charge in [-0.3, -0.25) is 14.5 Å². The van der Waals surface area contributed by atoms with Gasteiger partial charge in [-0.05, 0) is 30.3 Å². The summed E-state index contributed by atoms with van der Waals surface area (Å²) in [4.78, 5) is 41.5. The lowest BCUT2D eigenvalue weighted by atomic mass is 10.2. The zero-order valence-corrected chi connectivity index (χ0v) is 16.7. The smallest absolute Gasteiger partial charge is 0.338 e. The Labute approximate surface area is 172 Å². The molecule has 148 valence electrons. The third-order valence-corrected chi connectivity index (χ3v) is 4.70. The number of carbonyl (C=O) groups is 3. The largest absolute Gasteiger partial charge is 0.456 e. The topological polar surface area (TPSA) is 88.6 Å². The second-order valence-electron chi connectivity index (χ2n) is 6.15. The van der Waals surface area contributed by atoms with E-state index in [4.69, 9.17) is 4.74 Å². The monoisotopic (exact) mass is 409 g/mol. The highest BCUT2D eigenvalue weighted by atomic mass is 32.1. The second-order valence-corrected chi connectivity index (χ2v) is 6.99. The third-order valence-electron chi connectivity index (χ3n) is 3.83. The van der Waals surface area contributed by atoms with Gasteiger partial charge in [0.2, 0.25) is 11.8 Å². The maximum atomic E-state index is 12.3. The van der Waals surface area contributed by atoms with Crippen LogP contribution in [0.3, 0.4) is 0 Å². The van der Waals surface area contributed by atoms with Crippen molar-refractivity contribution in [3.05, 3.63) is 71.2 Å². The van der Waals surface area contributed by atoms with E-state index >= 15 is 0 Å². The summed E-state index contributed by atoms with van der Waals surface area (Å²) in [6, 6.07) is 15.7. The van der Waals surface area contributed by atoms with E-state index in [2.05, 4.69) is 10.3 Å². The number of aromatic nitrogens is 1. The Kier molecular flexibility index (Phi) is 6.36. The molecule has 3 rings (SSSR count). The van der Waals surface area contributed by atoms with Gasteiger partial charge in [0.1, 0.15) is 6.61 Å². The van der Waals surface area contributed by atoms with Crippen molar-refractivity contribution in [1.29, 1.82) is 0 Å². The van der Waals surface area contributed by atoms with Crippen LogP contribution in [0.4, 0.5) is 16.5 Å². The van der Waals surface area contributed by atoms with Crippen molar-refractivity contribution in [1.82, 2.24) is 4.98 Å². The first-order valence-electron chi connectivity index (χ1n) is 8.79. The number of hydrogen-bond donors (Lipinski definition) is 1. The molecule has 1 aromatic heterocycles. The lowest BCUT2D eigenvalue weighted by Gasteiger charge is -2.17. The molecule has 3 aromatic rings. The van der Waals surface area contributed by atoms with Crippen molar-refractivity contribution in [2.45, 2.75) is 20.5 Å². The highest BCUT2D eigenvalue weighted by Crippen LogP contribution is 2.29. The van der Waals surface area contributed by atoms with Crippen LogP contribution in [0.15, 0.2) is 60.0 Å². The second kappa shape index (κ2) is 9.11. The Morgan fingerprint density at radius 1 is 1.07 bits per heavy atom. The molecule has 0 aliphatic heterocycles. The average molecular weight is 409 g/mol. The van der Waals surface area contributed by atoms with E-state index in [1.807, 2.05) is 30.3 Å². The molecular formula is C21H19N3O4S. The fourth-order valence-electron chi connectivity index (χ4n) is 2.62. The van der Waals surface area contributed by atoms with Gasteiger partial charge in [0.05, 0.1) is 16.9 Å². The summed E-state index contributed by atoms with van der Waals surface area (Å²) in [5.41, 5.74) is 2.09. The summed E-state index contributed by atoms with van der Waals surface area (Å²) in [7, 11) is 0. The molecule has 29 heavy (non-hydrogen) atoms.